The molecule has 0 spiro atoms. The lowest BCUT2D eigenvalue weighted by Crippen LogP contribution is -2.10. The molecule has 1 aromatic carbocycles. The van der Waals surface area contributed by atoms with Crippen LogP contribution in [0.4, 0.5) is 17.2 Å². The van der Waals surface area contributed by atoms with Gasteiger partial charge in [-0.25, -0.2) is 4.98 Å². The number of carbonyl (C=O) groups excluding carboxylic acids is 1. The highest BCUT2D eigenvalue weighted by Gasteiger charge is 2.02. The predicted octanol–water partition coefficient (Wildman–Crippen LogP) is 3.44. The van der Waals surface area contributed by atoms with Gasteiger partial charge in [-0.15, -0.1) is 0 Å². The third kappa shape index (κ3) is 4.32. The van der Waals surface area contributed by atoms with E-state index in [-0.39, 0.29) is 5.91 Å². The van der Waals surface area contributed by atoms with Crippen molar-refractivity contribution in [2.24, 2.45) is 0 Å². The molecule has 1 heterocycles. The Kier molecular flexibility index (Phi) is 4.89. The molecular formula is C16H16N4O. The van der Waals surface area contributed by atoms with Gasteiger partial charge in [0.1, 0.15) is 5.82 Å². The maximum absolute atomic E-state index is 11.5. The van der Waals surface area contributed by atoms with Crippen molar-refractivity contribution in [1.82, 2.24) is 4.98 Å². The van der Waals surface area contributed by atoms with E-state index in [2.05, 4.69) is 21.7 Å². The van der Waals surface area contributed by atoms with Crippen LogP contribution in [0.5, 0.6) is 0 Å². The molecule has 0 aliphatic rings. The van der Waals surface area contributed by atoms with Crippen molar-refractivity contribution in [3.8, 4) is 6.07 Å². The summed E-state index contributed by atoms with van der Waals surface area (Å²) in [4.78, 5) is 15.7. The summed E-state index contributed by atoms with van der Waals surface area (Å²) < 4.78 is 0. The second kappa shape index (κ2) is 7.06. The molecule has 0 aliphatic carbocycles. The van der Waals surface area contributed by atoms with Crippen LogP contribution in [0, 0.1) is 11.3 Å². The van der Waals surface area contributed by atoms with Gasteiger partial charge in [-0.2, -0.15) is 5.26 Å². The summed E-state index contributed by atoms with van der Waals surface area (Å²) in [5.74, 6) is 0.667. The molecule has 106 valence electrons. The molecule has 1 aromatic heterocycles. The number of nitrogens with zero attached hydrogens (tertiary/aromatic N) is 2. The zero-order valence-corrected chi connectivity index (χ0v) is 11.8. The third-order valence-corrected chi connectivity index (χ3v) is 2.81. The molecule has 2 rings (SSSR count). The van der Waals surface area contributed by atoms with Crippen molar-refractivity contribution in [3.05, 3.63) is 48.2 Å². The lowest BCUT2D eigenvalue weighted by molar-refractivity contribution is -0.116. The minimum absolute atomic E-state index is 0.00731. The van der Waals surface area contributed by atoms with Crippen molar-refractivity contribution in [2.45, 2.75) is 19.8 Å². The number of benzene rings is 1. The van der Waals surface area contributed by atoms with Gasteiger partial charge in [0.05, 0.1) is 23.5 Å². The van der Waals surface area contributed by atoms with Gasteiger partial charge in [0.25, 0.3) is 0 Å². The maximum Gasteiger partial charge on any atom is 0.224 e. The molecule has 5 nitrogen and oxygen atoms in total. The van der Waals surface area contributed by atoms with Crippen LogP contribution in [0.3, 0.4) is 0 Å². The van der Waals surface area contributed by atoms with E-state index in [1.54, 1.807) is 30.5 Å². The van der Waals surface area contributed by atoms with E-state index in [1.807, 2.05) is 19.1 Å². The Morgan fingerprint density at radius 1 is 1.19 bits per heavy atom. The van der Waals surface area contributed by atoms with Crippen LogP contribution in [0.2, 0.25) is 0 Å². The van der Waals surface area contributed by atoms with Gasteiger partial charge >= 0.3 is 0 Å². The summed E-state index contributed by atoms with van der Waals surface area (Å²) in [7, 11) is 0. The Balaban J connectivity index is 1.98. The van der Waals surface area contributed by atoms with Crippen LogP contribution in [-0.4, -0.2) is 10.9 Å². The van der Waals surface area contributed by atoms with E-state index >= 15 is 0 Å². The fourth-order valence-electron chi connectivity index (χ4n) is 1.77. The van der Waals surface area contributed by atoms with Gasteiger partial charge in [0.15, 0.2) is 0 Å². The zero-order valence-electron chi connectivity index (χ0n) is 11.8. The fraction of sp³-hybridized carbons (Fsp3) is 0.188. The number of amides is 1. The first-order valence-corrected chi connectivity index (χ1v) is 6.74. The van der Waals surface area contributed by atoms with Crippen LogP contribution in [0.15, 0.2) is 42.6 Å². The molecule has 0 unspecified atom stereocenters. The highest BCUT2D eigenvalue weighted by atomic mass is 16.1. The molecule has 1 amide bonds. The number of carbonyl (C=O) groups is 1. The van der Waals surface area contributed by atoms with Crippen molar-refractivity contribution in [2.75, 3.05) is 10.6 Å². The van der Waals surface area contributed by atoms with Gasteiger partial charge in [-0.1, -0.05) is 6.92 Å². The Labute approximate surface area is 123 Å². The highest BCUT2D eigenvalue weighted by molar-refractivity contribution is 5.90. The van der Waals surface area contributed by atoms with Gasteiger partial charge < -0.3 is 10.6 Å². The number of pyridine rings is 1. The van der Waals surface area contributed by atoms with E-state index in [1.165, 1.54) is 0 Å². The second-order valence-electron chi connectivity index (χ2n) is 4.54. The van der Waals surface area contributed by atoms with E-state index < -0.39 is 0 Å². The van der Waals surface area contributed by atoms with E-state index in [0.29, 0.717) is 23.5 Å². The Hall–Kier alpha value is -2.87. The Morgan fingerprint density at radius 2 is 1.90 bits per heavy atom. The minimum atomic E-state index is -0.00731. The van der Waals surface area contributed by atoms with Crippen molar-refractivity contribution >= 4 is 23.1 Å². The number of nitrogens with one attached hydrogen (secondary N) is 2. The lowest BCUT2D eigenvalue weighted by atomic mass is 10.2. The quantitative estimate of drug-likeness (QED) is 0.879. The molecule has 5 heteroatoms. The molecule has 0 bridgehead atoms. The molecule has 2 aromatic rings. The van der Waals surface area contributed by atoms with Crippen molar-refractivity contribution in [1.29, 1.82) is 5.26 Å². The number of anilines is 3. The average molecular weight is 280 g/mol. The van der Waals surface area contributed by atoms with Crippen LogP contribution < -0.4 is 10.6 Å². The first-order chi connectivity index (χ1) is 10.2. The van der Waals surface area contributed by atoms with Gasteiger partial charge in [0, 0.05) is 12.1 Å². The van der Waals surface area contributed by atoms with E-state index in [9.17, 15) is 4.79 Å². The van der Waals surface area contributed by atoms with Gasteiger partial charge in [-0.05, 0) is 42.8 Å². The molecule has 0 fully saturated rings. The standard InChI is InChI=1S/C16H16N4O/c1-2-3-16(21)20-14-8-9-15(18-11-14)19-13-6-4-12(10-17)5-7-13/h4-9,11H,2-3H2,1H3,(H,18,19)(H,20,21). The normalized spacial score (nSPS) is 9.71. The van der Waals surface area contributed by atoms with E-state index in [4.69, 9.17) is 5.26 Å². The van der Waals surface area contributed by atoms with E-state index in [0.717, 1.165) is 12.1 Å². The van der Waals surface area contributed by atoms with Crippen LogP contribution in [-0.2, 0) is 4.79 Å². The van der Waals surface area contributed by atoms with Gasteiger partial charge in [0.2, 0.25) is 5.91 Å². The first kappa shape index (κ1) is 14.5. The highest BCUT2D eigenvalue weighted by Crippen LogP contribution is 2.16. The number of hydrogen-bond acceptors (Lipinski definition) is 4. The Morgan fingerprint density at radius 3 is 2.48 bits per heavy atom. The summed E-state index contributed by atoms with van der Waals surface area (Å²) in [6.07, 6.45) is 2.93. The third-order valence-electron chi connectivity index (χ3n) is 2.81. The number of hydrogen-bond donors (Lipinski definition) is 2. The number of rotatable bonds is 5. The fourth-order valence-corrected chi connectivity index (χ4v) is 1.77. The lowest BCUT2D eigenvalue weighted by Gasteiger charge is -2.07. The summed E-state index contributed by atoms with van der Waals surface area (Å²) in [6.45, 7) is 1.96. The molecule has 0 atom stereocenters. The van der Waals surface area contributed by atoms with Gasteiger partial charge in [-0.3, -0.25) is 4.79 Å². The van der Waals surface area contributed by atoms with Crippen LogP contribution in [0.1, 0.15) is 25.3 Å². The molecule has 0 saturated heterocycles. The van der Waals surface area contributed by atoms with Crippen LogP contribution in [0.25, 0.3) is 0 Å². The van der Waals surface area contributed by atoms with Crippen molar-refractivity contribution in [3.63, 3.8) is 0 Å². The monoisotopic (exact) mass is 280 g/mol. The molecular weight excluding hydrogens is 264 g/mol. The molecule has 2 N–H and O–H groups in total. The molecule has 0 saturated carbocycles. The SMILES string of the molecule is CCCC(=O)Nc1ccc(Nc2ccc(C#N)cc2)nc1. The molecule has 21 heavy (non-hydrogen) atoms. The average Bonchev–Trinajstić information content (AvgIpc) is 2.50. The second-order valence-corrected chi connectivity index (χ2v) is 4.54. The molecule has 0 radical (unpaired) electrons. The summed E-state index contributed by atoms with van der Waals surface area (Å²) in [6, 6.07) is 12.8. The zero-order chi connectivity index (χ0) is 15.1. The largest absolute Gasteiger partial charge is 0.340 e. The number of aromatic nitrogens is 1. The first-order valence-electron chi connectivity index (χ1n) is 6.74. The number of nitriles is 1. The topological polar surface area (TPSA) is 77.8 Å². The molecule has 0 aliphatic heterocycles. The minimum Gasteiger partial charge on any atom is -0.340 e. The summed E-state index contributed by atoms with van der Waals surface area (Å²) in [5, 5.41) is 14.7. The van der Waals surface area contributed by atoms with Crippen LogP contribution >= 0.6 is 0 Å². The summed E-state index contributed by atoms with van der Waals surface area (Å²) in [5.41, 5.74) is 2.14. The predicted molar refractivity (Wildman–Crippen MR) is 82.2 cm³/mol. The van der Waals surface area contributed by atoms with Crippen molar-refractivity contribution < 1.29 is 4.79 Å². The maximum atomic E-state index is 11.5. The Bertz CT molecular complexity index is 641. The summed E-state index contributed by atoms with van der Waals surface area (Å²) >= 11 is 0. The smallest absolute Gasteiger partial charge is 0.224 e.